The lowest BCUT2D eigenvalue weighted by Crippen LogP contribution is -2.35. The first kappa shape index (κ1) is 25.5. The third-order valence-electron chi connectivity index (χ3n) is 5.65. The third-order valence-corrected chi connectivity index (χ3v) is 5.65. The van der Waals surface area contributed by atoms with Crippen LogP contribution in [0.3, 0.4) is 0 Å². The summed E-state index contributed by atoms with van der Waals surface area (Å²) in [6.07, 6.45) is 3.29. The summed E-state index contributed by atoms with van der Waals surface area (Å²) in [6, 6.07) is 9.08. The summed E-state index contributed by atoms with van der Waals surface area (Å²) in [5.41, 5.74) is -0.392. The Morgan fingerprint density at radius 3 is 2.27 bits per heavy atom. The third kappa shape index (κ3) is 5.63. The van der Waals surface area contributed by atoms with E-state index in [1.807, 2.05) is 0 Å². The van der Waals surface area contributed by atoms with Gasteiger partial charge in [-0.15, -0.1) is 0 Å². The summed E-state index contributed by atoms with van der Waals surface area (Å²) < 4.78 is 33.7. The molecule has 0 saturated heterocycles. The van der Waals surface area contributed by atoms with Crippen molar-refractivity contribution in [3.63, 3.8) is 0 Å². The Morgan fingerprint density at radius 1 is 1.03 bits per heavy atom. The quantitative estimate of drug-likeness (QED) is 0.254. The van der Waals surface area contributed by atoms with E-state index in [4.69, 9.17) is 9.57 Å². The lowest BCUT2D eigenvalue weighted by atomic mass is 10.0. The number of benzene rings is 2. The Kier molecular flexibility index (Phi) is 7.27. The molecule has 2 amide bonds. The Balaban J connectivity index is 1.48. The fourth-order valence-corrected chi connectivity index (χ4v) is 3.51. The molecule has 1 saturated carbocycles. The van der Waals surface area contributed by atoms with Gasteiger partial charge in [0.05, 0.1) is 6.21 Å². The van der Waals surface area contributed by atoms with Crippen molar-refractivity contribution in [3.05, 3.63) is 66.0 Å². The highest BCUT2D eigenvalue weighted by Gasteiger charge is 2.56. The number of amides is 2. The maximum Gasteiger partial charge on any atom is 0.240 e. The molecule has 2 aromatic carbocycles. The van der Waals surface area contributed by atoms with Crippen LogP contribution in [0.2, 0.25) is 0 Å². The topological polar surface area (TPSA) is 118 Å². The largest absolute Gasteiger partial charge is 0.435 e. The lowest BCUT2D eigenvalue weighted by Gasteiger charge is -2.17. The molecule has 1 heterocycles. The Morgan fingerprint density at radius 2 is 1.68 bits per heavy atom. The number of hydrogen-bond acceptors (Lipinski definition) is 8. The van der Waals surface area contributed by atoms with Crippen LogP contribution in [0, 0.1) is 17.0 Å². The summed E-state index contributed by atoms with van der Waals surface area (Å²) in [4.78, 5) is 40.3. The molecule has 3 aromatic rings. The number of anilines is 3. The Hall–Kier alpha value is -4.61. The van der Waals surface area contributed by atoms with Crippen LogP contribution in [0.25, 0.3) is 0 Å². The number of ether oxygens (including phenoxy) is 1. The molecular weight excluding hydrogens is 486 g/mol. The van der Waals surface area contributed by atoms with Gasteiger partial charge in [-0.3, -0.25) is 9.59 Å². The number of carbonyl (C=O) groups is 2. The monoisotopic (exact) mass is 510 g/mol. The average Bonchev–Trinajstić information content (AvgIpc) is 3.68. The van der Waals surface area contributed by atoms with Crippen molar-refractivity contribution >= 4 is 35.2 Å². The van der Waals surface area contributed by atoms with E-state index in [0.29, 0.717) is 29.9 Å². The number of oxime groups is 1. The molecule has 0 atom stereocenters. The number of nitrogens with zero attached hydrogens (tertiary/aromatic N) is 4. The Bertz CT molecular complexity index is 1340. The van der Waals surface area contributed by atoms with E-state index >= 15 is 0 Å². The highest BCUT2D eigenvalue weighted by molar-refractivity contribution is 6.16. The van der Waals surface area contributed by atoms with Gasteiger partial charge in [0, 0.05) is 31.5 Å². The van der Waals surface area contributed by atoms with E-state index in [1.165, 1.54) is 56.0 Å². The predicted molar refractivity (Wildman–Crippen MR) is 133 cm³/mol. The van der Waals surface area contributed by atoms with E-state index in [1.54, 1.807) is 19.0 Å². The maximum atomic E-state index is 14.9. The molecular formula is C25H24F2N6O4. The normalized spacial score (nSPS) is 13.6. The molecule has 0 bridgehead atoms. The second-order valence-corrected chi connectivity index (χ2v) is 8.47. The van der Waals surface area contributed by atoms with E-state index in [9.17, 15) is 18.4 Å². The van der Waals surface area contributed by atoms with Gasteiger partial charge in [-0.25, -0.2) is 18.7 Å². The number of hydrogen-bond donors (Lipinski definition) is 2. The number of rotatable bonds is 9. The minimum absolute atomic E-state index is 0.0459. The summed E-state index contributed by atoms with van der Waals surface area (Å²) in [5, 5.41) is 8.94. The fraction of sp³-hybridized carbons (Fsp3) is 0.240. The van der Waals surface area contributed by atoms with Gasteiger partial charge in [-0.05, 0) is 49.2 Å². The molecule has 192 valence electrons. The van der Waals surface area contributed by atoms with Gasteiger partial charge < -0.3 is 25.1 Å². The molecule has 1 fully saturated rings. The molecule has 1 aliphatic rings. The van der Waals surface area contributed by atoms with Crippen molar-refractivity contribution in [1.29, 1.82) is 0 Å². The standard InChI is InChI=1S/C25H24F2N6O4/c1-33(2)21-18(13-30-36-3)22(29-14-28-21)37-20-9-8-17(12-19(20)27)32-24(35)25(10-11-25)23(34)31-16-6-4-15(26)5-7-16/h4-9,12-14H,10-11H2,1-3H3,(H,31,34)(H,32,35)/b30-13+. The van der Waals surface area contributed by atoms with Gasteiger partial charge in [0.15, 0.2) is 11.6 Å². The van der Waals surface area contributed by atoms with Crippen LogP contribution in [-0.4, -0.2) is 49.2 Å². The Labute approximate surface area is 211 Å². The summed E-state index contributed by atoms with van der Waals surface area (Å²) in [6.45, 7) is 0. The summed E-state index contributed by atoms with van der Waals surface area (Å²) >= 11 is 0. The van der Waals surface area contributed by atoms with Gasteiger partial charge in [-0.2, -0.15) is 0 Å². The molecule has 12 heteroatoms. The minimum Gasteiger partial charge on any atom is -0.435 e. The van der Waals surface area contributed by atoms with Crippen LogP contribution < -0.4 is 20.3 Å². The van der Waals surface area contributed by atoms with Gasteiger partial charge in [0.1, 0.15) is 36.1 Å². The number of aromatic nitrogens is 2. The molecule has 1 aromatic heterocycles. The van der Waals surface area contributed by atoms with Crippen LogP contribution in [0.5, 0.6) is 11.6 Å². The first-order chi connectivity index (χ1) is 17.7. The van der Waals surface area contributed by atoms with Crippen LogP contribution in [0.15, 0.2) is 53.9 Å². The van der Waals surface area contributed by atoms with Crippen molar-refractivity contribution in [3.8, 4) is 11.6 Å². The molecule has 1 aliphatic carbocycles. The molecule has 0 spiro atoms. The number of nitrogens with one attached hydrogen (secondary N) is 2. The van der Waals surface area contributed by atoms with Crippen LogP contribution in [0.1, 0.15) is 18.4 Å². The molecule has 4 rings (SSSR count). The van der Waals surface area contributed by atoms with Gasteiger partial charge >= 0.3 is 0 Å². The van der Waals surface area contributed by atoms with Gasteiger partial charge in [0.25, 0.3) is 0 Å². The minimum atomic E-state index is -1.28. The smallest absolute Gasteiger partial charge is 0.240 e. The highest BCUT2D eigenvalue weighted by Crippen LogP contribution is 2.47. The lowest BCUT2D eigenvalue weighted by molar-refractivity contribution is -0.131. The van der Waals surface area contributed by atoms with Crippen molar-refractivity contribution in [1.82, 2.24) is 9.97 Å². The summed E-state index contributed by atoms with van der Waals surface area (Å²) in [7, 11) is 4.91. The second-order valence-electron chi connectivity index (χ2n) is 8.47. The summed E-state index contributed by atoms with van der Waals surface area (Å²) in [5.74, 6) is -1.91. The molecule has 0 unspecified atom stereocenters. The van der Waals surface area contributed by atoms with E-state index in [-0.39, 0.29) is 17.3 Å². The predicted octanol–water partition coefficient (Wildman–Crippen LogP) is 3.95. The van der Waals surface area contributed by atoms with Gasteiger partial charge in [-0.1, -0.05) is 5.16 Å². The molecule has 2 N–H and O–H groups in total. The number of carbonyl (C=O) groups excluding carboxylic acids is 2. The SMILES string of the molecule is CO/N=C/c1c(Oc2ccc(NC(=O)C3(C(=O)Nc4ccc(F)cc4)CC3)cc2F)ncnc1N(C)C. The number of halogens is 2. The van der Waals surface area contributed by atoms with Crippen LogP contribution in [0.4, 0.5) is 26.0 Å². The highest BCUT2D eigenvalue weighted by atomic mass is 19.1. The van der Waals surface area contributed by atoms with E-state index in [2.05, 4.69) is 25.8 Å². The maximum absolute atomic E-state index is 14.9. The van der Waals surface area contributed by atoms with Crippen molar-refractivity contribution in [2.45, 2.75) is 12.8 Å². The average molecular weight is 511 g/mol. The van der Waals surface area contributed by atoms with E-state index in [0.717, 1.165) is 6.07 Å². The second kappa shape index (κ2) is 10.6. The van der Waals surface area contributed by atoms with Crippen molar-refractivity contribution < 1.29 is 27.9 Å². The van der Waals surface area contributed by atoms with Gasteiger partial charge in [0.2, 0.25) is 17.7 Å². The zero-order chi connectivity index (χ0) is 26.6. The fourth-order valence-electron chi connectivity index (χ4n) is 3.51. The first-order valence-corrected chi connectivity index (χ1v) is 11.2. The van der Waals surface area contributed by atoms with Crippen molar-refractivity contribution in [2.24, 2.45) is 10.6 Å². The molecule has 10 nitrogen and oxygen atoms in total. The zero-order valence-corrected chi connectivity index (χ0v) is 20.3. The van der Waals surface area contributed by atoms with Crippen LogP contribution in [-0.2, 0) is 14.4 Å². The van der Waals surface area contributed by atoms with Crippen molar-refractivity contribution in [2.75, 3.05) is 36.7 Å². The molecule has 0 aliphatic heterocycles. The van der Waals surface area contributed by atoms with E-state index < -0.39 is 28.9 Å². The zero-order valence-electron chi connectivity index (χ0n) is 20.3. The van der Waals surface area contributed by atoms with Crippen LogP contribution >= 0.6 is 0 Å². The first-order valence-electron chi connectivity index (χ1n) is 11.2. The molecule has 37 heavy (non-hydrogen) atoms. The molecule has 0 radical (unpaired) electrons.